The minimum Gasteiger partial charge on any atom is -0.483 e. The molecule has 4 rings (SSSR count). The lowest BCUT2D eigenvalue weighted by Crippen LogP contribution is -2.22. The fourth-order valence-corrected chi connectivity index (χ4v) is 4.45. The van der Waals surface area contributed by atoms with Crippen molar-refractivity contribution in [3.63, 3.8) is 0 Å². The van der Waals surface area contributed by atoms with Crippen molar-refractivity contribution in [3.05, 3.63) is 108 Å². The van der Waals surface area contributed by atoms with Crippen LogP contribution in [-0.2, 0) is 20.4 Å². The van der Waals surface area contributed by atoms with Crippen molar-refractivity contribution >= 4 is 23.2 Å². The van der Waals surface area contributed by atoms with Crippen LogP contribution in [0.4, 0.5) is 11.4 Å². The lowest BCUT2D eigenvalue weighted by molar-refractivity contribution is -0.118. The van der Waals surface area contributed by atoms with Crippen molar-refractivity contribution < 1.29 is 23.8 Å². The zero-order valence-corrected chi connectivity index (χ0v) is 25.7. The molecule has 4 aromatic carbocycles. The molecule has 0 unspecified atom stereocenters. The Morgan fingerprint density at radius 3 is 1.23 bits per heavy atom. The van der Waals surface area contributed by atoms with Gasteiger partial charge < -0.3 is 24.8 Å². The summed E-state index contributed by atoms with van der Waals surface area (Å²) >= 11 is 0. The minimum absolute atomic E-state index is 0.0919. The summed E-state index contributed by atoms with van der Waals surface area (Å²) in [7, 11) is 0. The lowest BCUT2D eigenvalue weighted by Gasteiger charge is -2.22. The van der Waals surface area contributed by atoms with Crippen LogP contribution in [0, 0.1) is 0 Å². The fourth-order valence-electron chi connectivity index (χ4n) is 4.45. The van der Waals surface area contributed by atoms with Crippen molar-refractivity contribution in [3.8, 4) is 23.0 Å². The van der Waals surface area contributed by atoms with E-state index in [0.29, 0.717) is 34.4 Å². The summed E-state index contributed by atoms with van der Waals surface area (Å²) in [4.78, 5) is 25.0. The molecule has 0 atom stereocenters. The number of ether oxygens (including phenoxy) is 3. The third-order valence-electron chi connectivity index (χ3n) is 6.62. The standard InChI is InChI=1S/C36H40N2O5/c1-35(2,3)29-11-7-9-13-31(29)41-23-33(39)37-25-15-19-27(20-16-25)43-28-21-17-26(18-22-28)38-34(40)24-42-32-14-10-8-12-30(32)36(4,5)6/h7-22H,23-24H2,1-6H3,(H,37,39)(H,38,40). The molecule has 0 aliphatic rings. The highest BCUT2D eigenvalue weighted by Gasteiger charge is 2.20. The van der Waals surface area contributed by atoms with Gasteiger partial charge in [0.05, 0.1) is 0 Å². The molecule has 0 heterocycles. The maximum absolute atomic E-state index is 12.5. The van der Waals surface area contributed by atoms with Crippen LogP contribution >= 0.6 is 0 Å². The van der Waals surface area contributed by atoms with Crippen LogP contribution in [0.5, 0.6) is 23.0 Å². The number of carbonyl (C=O) groups excluding carboxylic acids is 2. The van der Waals surface area contributed by atoms with E-state index >= 15 is 0 Å². The molecule has 4 aromatic rings. The number of hydrogen-bond acceptors (Lipinski definition) is 5. The fraction of sp³-hybridized carbons (Fsp3) is 0.278. The summed E-state index contributed by atoms with van der Waals surface area (Å²) in [6.45, 7) is 12.5. The molecule has 0 bridgehead atoms. The van der Waals surface area contributed by atoms with Gasteiger partial charge in [0.25, 0.3) is 11.8 Å². The first-order valence-electron chi connectivity index (χ1n) is 14.3. The molecule has 2 N–H and O–H groups in total. The van der Waals surface area contributed by atoms with Gasteiger partial charge in [0.1, 0.15) is 23.0 Å². The van der Waals surface area contributed by atoms with E-state index in [1.165, 1.54) is 0 Å². The monoisotopic (exact) mass is 580 g/mol. The van der Waals surface area contributed by atoms with Crippen LogP contribution in [0.2, 0.25) is 0 Å². The van der Waals surface area contributed by atoms with E-state index in [-0.39, 0.29) is 35.9 Å². The van der Waals surface area contributed by atoms with Crippen molar-refractivity contribution in [1.82, 2.24) is 0 Å². The molecular formula is C36H40N2O5. The SMILES string of the molecule is CC(C)(C)c1ccccc1OCC(=O)Nc1ccc(Oc2ccc(NC(=O)COc3ccccc3C(C)(C)C)cc2)cc1. The first-order chi connectivity index (χ1) is 20.4. The molecule has 2 amide bonds. The smallest absolute Gasteiger partial charge is 0.262 e. The Morgan fingerprint density at radius 2 is 0.884 bits per heavy atom. The molecule has 0 fully saturated rings. The van der Waals surface area contributed by atoms with E-state index < -0.39 is 0 Å². The van der Waals surface area contributed by atoms with Gasteiger partial charge in [-0.25, -0.2) is 0 Å². The van der Waals surface area contributed by atoms with Gasteiger partial charge in [0.15, 0.2) is 13.2 Å². The molecular weight excluding hydrogens is 540 g/mol. The van der Waals surface area contributed by atoms with E-state index in [1.807, 2.05) is 48.5 Å². The van der Waals surface area contributed by atoms with Crippen molar-refractivity contribution in [2.75, 3.05) is 23.8 Å². The summed E-state index contributed by atoms with van der Waals surface area (Å²) in [6.07, 6.45) is 0. The quantitative estimate of drug-likeness (QED) is 0.198. The zero-order chi connectivity index (χ0) is 31.0. The highest BCUT2D eigenvalue weighted by Crippen LogP contribution is 2.32. The number of anilines is 2. The predicted octanol–water partition coefficient (Wildman–Crippen LogP) is 8.11. The van der Waals surface area contributed by atoms with Crippen LogP contribution in [0.25, 0.3) is 0 Å². The van der Waals surface area contributed by atoms with Crippen molar-refractivity contribution in [2.24, 2.45) is 0 Å². The van der Waals surface area contributed by atoms with Gasteiger partial charge in [-0.3, -0.25) is 9.59 Å². The molecule has 43 heavy (non-hydrogen) atoms. The molecule has 0 spiro atoms. The van der Waals surface area contributed by atoms with Gasteiger partial charge in [-0.15, -0.1) is 0 Å². The van der Waals surface area contributed by atoms with Gasteiger partial charge >= 0.3 is 0 Å². The molecule has 0 saturated heterocycles. The zero-order valence-electron chi connectivity index (χ0n) is 25.7. The summed E-state index contributed by atoms with van der Waals surface area (Å²) in [5.74, 6) is 2.12. The van der Waals surface area contributed by atoms with Gasteiger partial charge in [0.2, 0.25) is 0 Å². The van der Waals surface area contributed by atoms with Crippen LogP contribution in [0.1, 0.15) is 52.7 Å². The second-order valence-electron chi connectivity index (χ2n) is 12.3. The average Bonchev–Trinajstić information content (AvgIpc) is 2.96. The first kappa shape index (κ1) is 31.2. The maximum atomic E-state index is 12.5. The lowest BCUT2D eigenvalue weighted by atomic mass is 9.86. The molecule has 0 aromatic heterocycles. The second kappa shape index (κ2) is 13.5. The molecule has 0 aliphatic heterocycles. The number of nitrogens with one attached hydrogen (secondary N) is 2. The van der Waals surface area contributed by atoms with E-state index in [0.717, 1.165) is 11.1 Å². The topological polar surface area (TPSA) is 85.9 Å². The molecule has 0 aliphatic carbocycles. The number of hydrogen-bond donors (Lipinski definition) is 2. The molecule has 0 saturated carbocycles. The molecule has 7 heteroatoms. The largest absolute Gasteiger partial charge is 0.483 e. The highest BCUT2D eigenvalue weighted by atomic mass is 16.5. The maximum Gasteiger partial charge on any atom is 0.262 e. The second-order valence-corrected chi connectivity index (χ2v) is 12.3. The van der Waals surface area contributed by atoms with E-state index in [9.17, 15) is 9.59 Å². The van der Waals surface area contributed by atoms with Gasteiger partial charge in [0, 0.05) is 11.4 Å². The predicted molar refractivity (Wildman–Crippen MR) is 171 cm³/mol. The Balaban J connectivity index is 1.24. The average molecular weight is 581 g/mol. The highest BCUT2D eigenvalue weighted by molar-refractivity contribution is 5.92. The van der Waals surface area contributed by atoms with Crippen LogP contribution in [0.15, 0.2) is 97.1 Å². The van der Waals surface area contributed by atoms with Crippen molar-refractivity contribution in [1.29, 1.82) is 0 Å². The van der Waals surface area contributed by atoms with E-state index in [1.54, 1.807) is 48.5 Å². The number of benzene rings is 4. The summed E-state index contributed by atoms with van der Waals surface area (Å²) < 4.78 is 17.6. The molecule has 224 valence electrons. The Morgan fingerprint density at radius 1 is 0.535 bits per heavy atom. The Hall–Kier alpha value is -4.78. The number of rotatable bonds is 10. The summed E-state index contributed by atoms with van der Waals surface area (Å²) in [5.41, 5.74) is 3.18. The third-order valence-corrected chi connectivity index (χ3v) is 6.62. The van der Waals surface area contributed by atoms with E-state index in [4.69, 9.17) is 14.2 Å². The van der Waals surface area contributed by atoms with Crippen LogP contribution in [-0.4, -0.2) is 25.0 Å². The van der Waals surface area contributed by atoms with Crippen LogP contribution in [0.3, 0.4) is 0 Å². The van der Waals surface area contributed by atoms with Gasteiger partial charge in [-0.1, -0.05) is 77.9 Å². The normalized spacial score (nSPS) is 11.4. The minimum atomic E-state index is -0.251. The number of para-hydroxylation sites is 2. The first-order valence-corrected chi connectivity index (χ1v) is 14.3. The Kier molecular flexibility index (Phi) is 9.76. The van der Waals surface area contributed by atoms with E-state index in [2.05, 4.69) is 52.2 Å². The summed E-state index contributed by atoms with van der Waals surface area (Å²) in [5, 5.41) is 5.70. The van der Waals surface area contributed by atoms with Crippen molar-refractivity contribution in [2.45, 2.75) is 52.4 Å². The molecule has 7 nitrogen and oxygen atoms in total. The van der Waals surface area contributed by atoms with Gasteiger partial charge in [-0.2, -0.15) is 0 Å². The Bertz CT molecular complexity index is 1410. The summed E-state index contributed by atoms with van der Waals surface area (Å²) in [6, 6.07) is 29.7. The molecule has 0 radical (unpaired) electrons. The number of carbonyl (C=O) groups is 2. The third kappa shape index (κ3) is 9.10. The Labute approximate surface area is 254 Å². The van der Waals surface area contributed by atoms with Crippen LogP contribution < -0.4 is 24.8 Å². The number of amides is 2. The van der Waals surface area contributed by atoms with Gasteiger partial charge in [-0.05, 0) is 82.6 Å².